The van der Waals surface area contributed by atoms with Gasteiger partial charge in [-0.2, -0.15) is 12.6 Å². The van der Waals surface area contributed by atoms with Crippen LogP contribution in [0.5, 0.6) is 0 Å². The maximum atomic E-state index is 10.6. The highest BCUT2D eigenvalue weighted by molar-refractivity contribution is 7.80. The predicted octanol–water partition coefficient (Wildman–Crippen LogP) is 1.07. The second-order valence-electron chi connectivity index (χ2n) is 1.44. The van der Waals surface area contributed by atoms with Gasteiger partial charge in [0.15, 0.2) is 0 Å². The highest BCUT2D eigenvalue weighted by atomic mass is 32.1. The van der Waals surface area contributed by atoms with Crippen LogP contribution in [0.25, 0.3) is 0 Å². The van der Waals surface area contributed by atoms with Crippen LogP contribution in [0.3, 0.4) is 0 Å². The predicted molar refractivity (Wildman–Crippen MR) is 41.3 cm³/mol. The van der Waals surface area contributed by atoms with E-state index >= 15 is 0 Å². The average Bonchev–Trinajstić information content (AvgIpc) is 1.84. The fourth-order valence-electron chi connectivity index (χ4n) is 0.357. The van der Waals surface area contributed by atoms with Gasteiger partial charge in [-0.1, -0.05) is 0 Å². The minimum atomic E-state index is -3.76. The molecule has 0 aliphatic rings. The summed E-state index contributed by atoms with van der Waals surface area (Å²) in [5, 5.41) is 0. The van der Waals surface area contributed by atoms with Crippen LogP contribution in [0.1, 0.15) is 6.92 Å². The van der Waals surface area contributed by atoms with Crippen LogP contribution in [0, 0.1) is 0 Å². The van der Waals surface area contributed by atoms with Gasteiger partial charge >= 0.3 is 7.82 Å². The van der Waals surface area contributed by atoms with Gasteiger partial charge in [-0.25, -0.2) is 4.57 Å². The number of phosphoric ester groups is 1. The molecule has 0 spiro atoms. The van der Waals surface area contributed by atoms with Crippen molar-refractivity contribution in [3.05, 3.63) is 0 Å². The molecular weight excluding hydrogens is 175 g/mol. The maximum Gasteiger partial charge on any atom is 0.472 e. The van der Waals surface area contributed by atoms with E-state index in [9.17, 15) is 4.57 Å². The lowest BCUT2D eigenvalue weighted by Crippen LogP contribution is -1.97. The smallest absolute Gasteiger partial charge is 0.302 e. The highest BCUT2D eigenvalue weighted by Gasteiger charge is 2.18. The Kier molecular flexibility index (Phi) is 5.39. The molecule has 0 fully saturated rings. The van der Waals surface area contributed by atoms with Gasteiger partial charge in [0.1, 0.15) is 0 Å². The van der Waals surface area contributed by atoms with Gasteiger partial charge < -0.3 is 4.89 Å². The zero-order valence-electron chi connectivity index (χ0n) is 5.69. The van der Waals surface area contributed by atoms with Gasteiger partial charge in [0.25, 0.3) is 0 Å². The van der Waals surface area contributed by atoms with Crippen molar-refractivity contribution in [2.75, 3.05) is 19.0 Å². The molecular formula is C4H11O4PS. The Bertz CT molecular complexity index is 128. The molecule has 0 bridgehead atoms. The largest absolute Gasteiger partial charge is 0.472 e. The molecule has 0 amide bonds. The third-order valence-electron chi connectivity index (χ3n) is 0.638. The van der Waals surface area contributed by atoms with E-state index in [0.29, 0.717) is 5.75 Å². The standard InChI is InChI=1S/C4H11O4PS/c1-2-7-9(5,6)8-3-4-10/h10H,2-4H2,1H3,(H,5,6). The fourth-order valence-corrected chi connectivity index (χ4v) is 1.31. The summed E-state index contributed by atoms with van der Waals surface area (Å²) in [6.45, 7) is 1.91. The summed E-state index contributed by atoms with van der Waals surface area (Å²) in [6.07, 6.45) is 0. The molecule has 1 atom stereocenters. The van der Waals surface area contributed by atoms with E-state index in [1.807, 2.05) is 0 Å². The Morgan fingerprint density at radius 2 is 2.20 bits per heavy atom. The second kappa shape index (κ2) is 5.16. The summed E-state index contributed by atoms with van der Waals surface area (Å²) in [6, 6.07) is 0. The number of phosphoric acid groups is 1. The Hall–Kier alpha value is 0.460. The van der Waals surface area contributed by atoms with E-state index < -0.39 is 7.82 Å². The summed E-state index contributed by atoms with van der Waals surface area (Å²) in [4.78, 5) is 8.72. The summed E-state index contributed by atoms with van der Waals surface area (Å²) >= 11 is 3.79. The van der Waals surface area contributed by atoms with Gasteiger partial charge in [-0.15, -0.1) is 0 Å². The summed E-state index contributed by atoms with van der Waals surface area (Å²) in [7, 11) is -3.76. The lowest BCUT2D eigenvalue weighted by Gasteiger charge is -2.08. The van der Waals surface area contributed by atoms with E-state index in [2.05, 4.69) is 21.7 Å². The van der Waals surface area contributed by atoms with Crippen LogP contribution in [-0.4, -0.2) is 23.9 Å². The van der Waals surface area contributed by atoms with E-state index in [4.69, 9.17) is 4.89 Å². The first kappa shape index (κ1) is 10.5. The van der Waals surface area contributed by atoms with Gasteiger partial charge in [-0.05, 0) is 6.92 Å². The van der Waals surface area contributed by atoms with Crippen molar-refractivity contribution in [3.63, 3.8) is 0 Å². The lowest BCUT2D eigenvalue weighted by atomic mass is 10.9. The second-order valence-corrected chi connectivity index (χ2v) is 3.34. The van der Waals surface area contributed by atoms with Crippen molar-refractivity contribution in [3.8, 4) is 0 Å². The zero-order chi connectivity index (χ0) is 8.04. The Labute approximate surface area is 65.6 Å². The molecule has 0 rings (SSSR count). The van der Waals surface area contributed by atoms with Crippen LogP contribution in [0.4, 0.5) is 0 Å². The molecule has 0 aromatic heterocycles. The van der Waals surface area contributed by atoms with Crippen LogP contribution in [0.2, 0.25) is 0 Å². The van der Waals surface area contributed by atoms with E-state index in [1.165, 1.54) is 0 Å². The minimum absolute atomic E-state index is 0.122. The molecule has 10 heavy (non-hydrogen) atoms. The molecule has 0 saturated carbocycles. The van der Waals surface area contributed by atoms with Gasteiger partial charge in [0, 0.05) is 5.75 Å². The van der Waals surface area contributed by atoms with Crippen LogP contribution < -0.4 is 0 Å². The summed E-state index contributed by atoms with van der Waals surface area (Å²) < 4.78 is 19.5. The Balaban J connectivity index is 3.53. The van der Waals surface area contributed by atoms with Crippen molar-refractivity contribution in [2.24, 2.45) is 0 Å². The average molecular weight is 186 g/mol. The monoisotopic (exact) mass is 186 g/mol. The zero-order valence-corrected chi connectivity index (χ0v) is 7.48. The molecule has 0 aliphatic carbocycles. The number of hydrogen-bond acceptors (Lipinski definition) is 4. The van der Waals surface area contributed by atoms with Crippen molar-refractivity contribution in [1.29, 1.82) is 0 Å². The van der Waals surface area contributed by atoms with Crippen LogP contribution >= 0.6 is 20.5 Å². The quantitative estimate of drug-likeness (QED) is 0.498. The molecule has 0 aromatic carbocycles. The SMILES string of the molecule is CCOP(=O)(O)OCCS. The molecule has 6 heteroatoms. The normalized spacial score (nSPS) is 16.7. The number of thiol groups is 1. The first-order valence-corrected chi connectivity index (χ1v) is 4.98. The summed E-state index contributed by atoms with van der Waals surface area (Å²) in [5.74, 6) is 0.400. The molecule has 0 heterocycles. The molecule has 4 nitrogen and oxygen atoms in total. The fraction of sp³-hybridized carbons (Fsp3) is 1.00. The Morgan fingerprint density at radius 3 is 2.60 bits per heavy atom. The number of rotatable bonds is 5. The van der Waals surface area contributed by atoms with Gasteiger partial charge in [-0.3, -0.25) is 9.05 Å². The minimum Gasteiger partial charge on any atom is -0.302 e. The first-order chi connectivity index (χ1) is 4.62. The molecule has 0 aliphatic heterocycles. The van der Waals surface area contributed by atoms with E-state index in [0.717, 1.165) is 0 Å². The number of hydrogen-bond donors (Lipinski definition) is 2. The molecule has 0 radical (unpaired) electrons. The molecule has 0 saturated heterocycles. The highest BCUT2D eigenvalue weighted by Crippen LogP contribution is 2.42. The third kappa shape index (κ3) is 5.26. The van der Waals surface area contributed by atoms with Gasteiger partial charge in [0.2, 0.25) is 0 Å². The van der Waals surface area contributed by atoms with E-state index in [-0.39, 0.29) is 13.2 Å². The lowest BCUT2D eigenvalue weighted by molar-refractivity contribution is 0.162. The van der Waals surface area contributed by atoms with Crippen LogP contribution in [-0.2, 0) is 13.6 Å². The van der Waals surface area contributed by atoms with Crippen molar-refractivity contribution >= 4 is 20.5 Å². The maximum absolute atomic E-state index is 10.6. The topological polar surface area (TPSA) is 55.8 Å². The summed E-state index contributed by atoms with van der Waals surface area (Å²) in [5.41, 5.74) is 0. The van der Waals surface area contributed by atoms with Gasteiger partial charge in [0.05, 0.1) is 13.2 Å². The van der Waals surface area contributed by atoms with E-state index in [1.54, 1.807) is 6.92 Å². The Morgan fingerprint density at radius 1 is 1.60 bits per heavy atom. The molecule has 0 aromatic rings. The molecule has 62 valence electrons. The van der Waals surface area contributed by atoms with Crippen molar-refractivity contribution in [2.45, 2.75) is 6.92 Å². The van der Waals surface area contributed by atoms with Crippen LogP contribution in [0.15, 0.2) is 0 Å². The van der Waals surface area contributed by atoms with Crippen molar-refractivity contribution in [1.82, 2.24) is 0 Å². The molecule has 1 unspecified atom stereocenters. The van der Waals surface area contributed by atoms with Crippen molar-refractivity contribution < 1.29 is 18.5 Å². The first-order valence-electron chi connectivity index (χ1n) is 2.85. The molecule has 1 N–H and O–H groups in total. The third-order valence-corrected chi connectivity index (χ3v) is 1.91.